The van der Waals surface area contributed by atoms with Crippen LogP contribution in [0.4, 0.5) is 0 Å². The van der Waals surface area contributed by atoms with Crippen molar-refractivity contribution >= 4 is 27.1 Å². The molecule has 1 aromatic rings. The van der Waals surface area contributed by atoms with Crippen molar-refractivity contribution in [2.45, 2.75) is 13.3 Å². The molecule has 1 atom stereocenters. The molecular weight excluding hydrogens is 225 g/mol. The van der Waals surface area contributed by atoms with Gasteiger partial charge in [0.2, 0.25) is 0 Å². The molecule has 1 N–H and O–H groups in total. The average molecular weight is 239 g/mol. The zero-order valence-electron chi connectivity index (χ0n) is 7.71. The predicted octanol–water partition coefficient (Wildman–Crippen LogP) is 0.0848. The van der Waals surface area contributed by atoms with Crippen LogP contribution in [0.25, 0.3) is 0 Å². The van der Waals surface area contributed by atoms with Gasteiger partial charge in [-0.25, -0.2) is 0 Å². The van der Waals surface area contributed by atoms with Crippen molar-refractivity contribution in [3.63, 3.8) is 0 Å². The molecule has 1 rings (SSSR count). The summed E-state index contributed by atoms with van der Waals surface area (Å²) in [5.74, 6) is 0.0225. The second kappa shape index (κ2) is 5.08. The number of carbonyl (C=O) groups is 1. The van der Waals surface area contributed by atoms with Crippen molar-refractivity contribution in [3.05, 3.63) is 29.8 Å². The van der Waals surface area contributed by atoms with Gasteiger partial charge in [-0.05, 0) is 0 Å². The SMILES string of the molecule is CCCNC(=O)c1ccc([AsH2])cc1. The van der Waals surface area contributed by atoms with E-state index in [9.17, 15) is 4.79 Å². The standard InChI is InChI=1S/C10H14AsNO/c1-2-7-12-10(13)8-3-5-9(11)6-4-8/h3-6H,2,7,11H2,1H3,(H,12,13). The molecular formula is C10H14AsNO. The Morgan fingerprint density at radius 1 is 1.38 bits per heavy atom. The Morgan fingerprint density at radius 2 is 2.00 bits per heavy atom. The first-order valence-electron chi connectivity index (χ1n) is 4.37. The molecule has 0 saturated carbocycles. The second-order valence-electron chi connectivity index (χ2n) is 2.88. The number of amides is 1. The molecule has 1 aromatic carbocycles. The summed E-state index contributed by atoms with van der Waals surface area (Å²) in [6.45, 7) is 2.79. The van der Waals surface area contributed by atoms with Gasteiger partial charge < -0.3 is 0 Å². The van der Waals surface area contributed by atoms with E-state index in [1.165, 1.54) is 4.35 Å². The molecule has 0 aliphatic rings. The fraction of sp³-hybridized carbons (Fsp3) is 0.300. The van der Waals surface area contributed by atoms with E-state index in [1.807, 2.05) is 31.2 Å². The predicted molar refractivity (Wildman–Crippen MR) is 57.2 cm³/mol. The Bertz CT molecular complexity index is 281. The van der Waals surface area contributed by atoms with Crippen LogP contribution in [-0.2, 0) is 0 Å². The molecule has 0 aliphatic carbocycles. The molecule has 70 valence electrons. The molecule has 1 unspecified atom stereocenters. The van der Waals surface area contributed by atoms with Gasteiger partial charge in [-0.15, -0.1) is 0 Å². The van der Waals surface area contributed by atoms with Crippen LogP contribution in [0, 0.1) is 0 Å². The van der Waals surface area contributed by atoms with Gasteiger partial charge >= 0.3 is 86.9 Å². The Hall–Kier alpha value is -0.752. The van der Waals surface area contributed by atoms with Crippen LogP contribution in [0.3, 0.4) is 0 Å². The molecule has 0 radical (unpaired) electrons. The topological polar surface area (TPSA) is 29.1 Å². The Morgan fingerprint density at radius 3 is 2.54 bits per heavy atom. The van der Waals surface area contributed by atoms with Gasteiger partial charge in [-0.2, -0.15) is 0 Å². The normalized spacial score (nSPS) is 9.69. The van der Waals surface area contributed by atoms with Crippen molar-refractivity contribution in [1.29, 1.82) is 0 Å². The van der Waals surface area contributed by atoms with Crippen LogP contribution in [0.5, 0.6) is 0 Å². The first kappa shape index (κ1) is 10.3. The molecule has 2 nitrogen and oxygen atoms in total. The maximum atomic E-state index is 11.4. The number of carbonyl (C=O) groups excluding carboxylic acids is 1. The number of benzene rings is 1. The molecule has 0 spiro atoms. The number of rotatable bonds is 3. The van der Waals surface area contributed by atoms with Crippen LogP contribution in [0.2, 0.25) is 0 Å². The van der Waals surface area contributed by atoms with Gasteiger partial charge in [0.25, 0.3) is 0 Å². The van der Waals surface area contributed by atoms with Crippen molar-refractivity contribution < 1.29 is 4.79 Å². The first-order valence-corrected chi connectivity index (χ1v) is 5.59. The summed E-state index contributed by atoms with van der Waals surface area (Å²) in [6, 6.07) is 7.67. The second-order valence-corrected chi connectivity index (χ2v) is 4.28. The van der Waals surface area contributed by atoms with Crippen molar-refractivity contribution in [2.24, 2.45) is 0 Å². The fourth-order valence-corrected chi connectivity index (χ4v) is 1.38. The summed E-state index contributed by atoms with van der Waals surface area (Å²) in [7, 11) is 0. The third-order valence-corrected chi connectivity index (χ3v) is 2.52. The Balaban J connectivity index is 2.61. The van der Waals surface area contributed by atoms with Crippen LogP contribution in [-0.4, -0.2) is 29.3 Å². The van der Waals surface area contributed by atoms with Crippen LogP contribution in [0.1, 0.15) is 23.7 Å². The summed E-state index contributed by atoms with van der Waals surface area (Å²) < 4.78 is 1.24. The maximum absolute atomic E-state index is 11.4. The van der Waals surface area contributed by atoms with Gasteiger partial charge in [-0.1, -0.05) is 0 Å². The molecule has 0 saturated heterocycles. The average Bonchev–Trinajstić information content (AvgIpc) is 2.15. The van der Waals surface area contributed by atoms with E-state index in [0.717, 1.165) is 18.5 Å². The molecule has 0 aliphatic heterocycles. The zero-order chi connectivity index (χ0) is 9.68. The number of hydrogen-bond acceptors (Lipinski definition) is 1. The molecule has 0 heterocycles. The third-order valence-electron chi connectivity index (χ3n) is 1.71. The third kappa shape index (κ3) is 3.23. The quantitative estimate of drug-likeness (QED) is 0.744. The van der Waals surface area contributed by atoms with E-state index in [2.05, 4.69) is 5.32 Å². The molecule has 0 aromatic heterocycles. The minimum atomic E-state index is 0.0225. The monoisotopic (exact) mass is 239 g/mol. The van der Waals surface area contributed by atoms with Crippen LogP contribution >= 0.6 is 0 Å². The zero-order valence-corrected chi connectivity index (χ0v) is 10.1. The van der Waals surface area contributed by atoms with E-state index < -0.39 is 0 Å². The molecule has 1 amide bonds. The van der Waals surface area contributed by atoms with Crippen molar-refractivity contribution in [2.75, 3.05) is 6.54 Å². The van der Waals surface area contributed by atoms with E-state index in [1.54, 1.807) is 16.9 Å². The summed E-state index contributed by atoms with van der Waals surface area (Å²) in [5.41, 5.74) is 0.745. The van der Waals surface area contributed by atoms with E-state index in [0.29, 0.717) is 0 Å². The van der Waals surface area contributed by atoms with E-state index in [-0.39, 0.29) is 5.91 Å². The van der Waals surface area contributed by atoms with Gasteiger partial charge in [0.15, 0.2) is 0 Å². The number of nitrogens with one attached hydrogen (secondary N) is 1. The summed E-state index contributed by atoms with van der Waals surface area (Å²) in [5, 5.41) is 2.83. The first-order chi connectivity index (χ1) is 6.24. The van der Waals surface area contributed by atoms with Crippen LogP contribution < -0.4 is 9.67 Å². The van der Waals surface area contributed by atoms with Gasteiger partial charge in [0.05, 0.1) is 0 Å². The Labute approximate surface area is 87.2 Å². The summed E-state index contributed by atoms with van der Waals surface area (Å²) in [6.07, 6.45) is 0.973. The molecule has 0 bridgehead atoms. The summed E-state index contributed by atoms with van der Waals surface area (Å²) in [4.78, 5) is 11.4. The molecule has 13 heavy (non-hydrogen) atoms. The Kier molecular flexibility index (Phi) is 4.04. The van der Waals surface area contributed by atoms with Crippen molar-refractivity contribution in [3.8, 4) is 0 Å². The number of hydrogen-bond donors (Lipinski definition) is 1. The van der Waals surface area contributed by atoms with Gasteiger partial charge in [0.1, 0.15) is 0 Å². The van der Waals surface area contributed by atoms with Crippen molar-refractivity contribution in [1.82, 2.24) is 5.32 Å². The molecule has 0 fully saturated rings. The summed E-state index contributed by atoms with van der Waals surface area (Å²) >= 11 is 1.57. The minimum absolute atomic E-state index is 0.0225. The molecule has 3 heteroatoms. The van der Waals surface area contributed by atoms with Gasteiger partial charge in [0, 0.05) is 0 Å². The van der Waals surface area contributed by atoms with Crippen LogP contribution in [0.15, 0.2) is 24.3 Å². The van der Waals surface area contributed by atoms with E-state index in [4.69, 9.17) is 0 Å². The van der Waals surface area contributed by atoms with E-state index >= 15 is 0 Å². The van der Waals surface area contributed by atoms with Gasteiger partial charge in [-0.3, -0.25) is 0 Å². The fourth-order valence-electron chi connectivity index (χ4n) is 0.975.